The number of hydrogen-bond acceptors (Lipinski definition) is 4. The molecule has 2 N–H and O–H groups in total. The zero-order valence-corrected chi connectivity index (χ0v) is 12.6. The first-order valence-electron chi connectivity index (χ1n) is 7.24. The van der Waals surface area contributed by atoms with E-state index in [1.165, 1.54) is 4.90 Å². The lowest BCUT2D eigenvalue weighted by Crippen LogP contribution is -2.36. The molecule has 0 saturated heterocycles. The Morgan fingerprint density at radius 3 is 2.41 bits per heavy atom. The highest BCUT2D eigenvalue weighted by Gasteiger charge is 2.20. The van der Waals surface area contributed by atoms with Gasteiger partial charge in [-0.05, 0) is 12.5 Å². The van der Waals surface area contributed by atoms with E-state index in [2.05, 4.69) is 5.10 Å². The average molecular weight is 303 g/mol. The molecular formula is C16H21N3O3. The second-order valence-electron chi connectivity index (χ2n) is 5.03. The molecule has 0 aliphatic rings. The molecule has 6 heteroatoms. The summed E-state index contributed by atoms with van der Waals surface area (Å²) in [5, 5.41) is 22.3. The predicted molar refractivity (Wildman–Crippen MR) is 82.6 cm³/mol. The van der Waals surface area contributed by atoms with Crippen molar-refractivity contribution in [1.82, 2.24) is 14.7 Å². The molecule has 0 saturated carbocycles. The number of nitrogens with zero attached hydrogens (tertiary/aromatic N) is 3. The van der Waals surface area contributed by atoms with Gasteiger partial charge < -0.3 is 15.1 Å². The zero-order chi connectivity index (χ0) is 15.9. The Balaban J connectivity index is 2.17. The predicted octanol–water partition coefficient (Wildman–Crippen LogP) is 0.667. The van der Waals surface area contributed by atoms with Crippen molar-refractivity contribution in [3.63, 3.8) is 0 Å². The number of benzene rings is 1. The molecule has 2 aromatic rings. The van der Waals surface area contributed by atoms with Crippen molar-refractivity contribution in [3.05, 3.63) is 53.3 Å². The maximum Gasteiger partial charge on any atom is 0.257 e. The van der Waals surface area contributed by atoms with E-state index in [9.17, 15) is 4.79 Å². The molecule has 1 amide bonds. The first-order valence-corrected chi connectivity index (χ1v) is 7.24. The minimum absolute atomic E-state index is 0.136. The number of aliphatic hydroxyl groups is 2. The summed E-state index contributed by atoms with van der Waals surface area (Å²) in [6.07, 6.45) is 1.54. The molecule has 6 nitrogen and oxygen atoms in total. The molecule has 0 radical (unpaired) electrons. The van der Waals surface area contributed by atoms with Gasteiger partial charge in [-0.3, -0.25) is 9.48 Å². The SMILES string of the molecule is Cc1c(C(=O)N(CCO)CCO)cnn1Cc1ccccc1. The molecular weight excluding hydrogens is 282 g/mol. The van der Waals surface area contributed by atoms with Crippen LogP contribution in [0.5, 0.6) is 0 Å². The van der Waals surface area contributed by atoms with Crippen LogP contribution in [-0.4, -0.2) is 57.1 Å². The van der Waals surface area contributed by atoms with Crippen molar-refractivity contribution in [2.45, 2.75) is 13.5 Å². The van der Waals surface area contributed by atoms with Gasteiger partial charge >= 0.3 is 0 Å². The summed E-state index contributed by atoms with van der Waals surface area (Å²) in [5.41, 5.74) is 2.38. The molecule has 0 spiro atoms. The summed E-state index contributed by atoms with van der Waals surface area (Å²) in [6, 6.07) is 9.89. The number of hydrogen-bond donors (Lipinski definition) is 2. The van der Waals surface area contributed by atoms with E-state index in [0.717, 1.165) is 11.3 Å². The van der Waals surface area contributed by atoms with Crippen molar-refractivity contribution >= 4 is 5.91 Å². The lowest BCUT2D eigenvalue weighted by Gasteiger charge is -2.20. The van der Waals surface area contributed by atoms with E-state index in [1.807, 2.05) is 37.3 Å². The number of amides is 1. The fourth-order valence-electron chi connectivity index (χ4n) is 2.30. The number of carbonyl (C=O) groups excluding carboxylic acids is 1. The highest BCUT2D eigenvalue weighted by atomic mass is 16.3. The van der Waals surface area contributed by atoms with E-state index in [-0.39, 0.29) is 32.2 Å². The van der Waals surface area contributed by atoms with Crippen LogP contribution in [0, 0.1) is 6.92 Å². The van der Waals surface area contributed by atoms with Crippen LogP contribution in [0.2, 0.25) is 0 Å². The molecule has 0 aliphatic heterocycles. The third-order valence-electron chi connectivity index (χ3n) is 3.54. The fraction of sp³-hybridized carbons (Fsp3) is 0.375. The van der Waals surface area contributed by atoms with Crippen LogP contribution in [0.15, 0.2) is 36.5 Å². The van der Waals surface area contributed by atoms with Gasteiger partial charge in [0.25, 0.3) is 5.91 Å². The van der Waals surface area contributed by atoms with Crippen LogP contribution in [0.3, 0.4) is 0 Å². The number of aliphatic hydroxyl groups excluding tert-OH is 2. The van der Waals surface area contributed by atoms with Crippen molar-refractivity contribution in [3.8, 4) is 0 Å². The highest BCUT2D eigenvalue weighted by Crippen LogP contribution is 2.12. The number of rotatable bonds is 7. The molecule has 0 bridgehead atoms. The quantitative estimate of drug-likeness (QED) is 0.788. The van der Waals surface area contributed by atoms with E-state index in [1.54, 1.807) is 10.9 Å². The molecule has 118 valence electrons. The van der Waals surface area contributed by atoms with Gasteiger partial charge in [-0.25, -0.2) is 0 Å². The van der Waals surface area contributed by atoms with E-state index in [0.29, 0.717) is 12.1 Å². The normalized spacial score (nSPS) is 10.7. The Morgan fingerprint density at radius 2 is 1.82 bits per heavy atom. The molecule has 1 heterocycles. The summed E-state index contributed by atoms with van der Waals surface area (Å²) >= 11 is 0. The van der Waals surface area contributed by atoms with Crippen LogP contribution >= 0.6 is 0 Å². The highest BCUT2D eigenvalue weighted by molar-refractivity contribution is 5.95. The molecule has 0 unspecified atom stereocenters. The molecule has 0 fully saturated rings. The Bertz CT molecular complexity index is 604. The molecule has 2 rings (SSSR count). The summed E-state index contributed by atoms with van der Waals surface area (Å²) in [6.45, 7) is 2.57. The van der Waals surface area contributed by atoms with Crippen molar-refractivity contribution < 1.29 is 15.0 Å². The Labute approximate surface area is 129 Å². The van der Waals surface area contributed by atoms with E-state index in [4.69, 9.17) is 10.2 Å². The van der Waals surface area contributed by atoms with Gasteiger partial charge in [0.15, 0.2) is 0 Å². The van der Waals surface area contributed by atoms with Gasteiger partial charge in [-0.2, -0.15) is 5.10 Å². The standard InChI is InChI=1S/C16H21N3O3/c1-13-15(16(22)18(7-9-20)8-10-21)11-17-19(13)12-14-5-3-2-4-6-14/h2-6,11,20-21H,7-10,12H2,1H3. The smallest absolute Gasteiger partial charge is 0.257 e. The number of carbonyl (C=O) groups is 1. The molecule has 1 aromatic heterocycles. The fourth-order valence-corrected chi connectivity index (χ4v) is 2.30. The maximum absolute atomic E-state index is 12.5. The number of aromatic nitrogens is 2. The van der Waals surface area contributed by atoms with E-state index >= 15 is 0 Å². The van der Waals surface area contributed by atoms with Crippen LogP contribution in [0.1, 0.15) is 21.6 Å². The van der Waals surface area contributed by atoms with Crippen LogP contribution in [-0.2, 0) is 6.54 Å². The monoisotopic (exact) mass is 303 g/mol. The van der Waals surface area contributed by atoms with Crippen LogP contribution < -0.4 is 0 Å². The maximum atomic E-state index is 12.5. The first kappa shape index (κ1) is 16.2. The Morgan fingerprint density at radius 1 is 1.18 bits per heavy atom. The van der Waals surface area contributed by atoms with Crippen molar-refractivity contribution in [1.29, 1.82) is 0 Å². The molecule has 22 heavy (non-hydrogen) atoms. The third-order valence-corrected chi connectivity index (χ3v) is 3.54. The van der Waals surface area contributed by atoms with Crippen LogP contribution in [0.25, 0.3) is 0 Å². The van der Waals surface area contributed by atoms with Gasteiger partial charge in [0.2, 0.25) is 0 Å². The van der Waals surface area contributed by atoms with Gasteiger partial charge in [0, 0.05) is 18.8 Å². The lowest BCUT2D eigenvalue weighted by atomic mass is 10.2. The summed E-state index contributed by atoms with van der Waals surface area (Å²) in [7, 11) is 0. The lowest BCUT2D eigenvalue weighted by molar-refractivity contribution is 0.0684. The largest absolute Gasteiger partial charge is 0.395 e. The molecule has 0 aliphatic carbocycles. The molecule has 1 aromatic carbocycles. The van der Waals surface area contributed by atoms with E-state index < -0.39 is 0 Å². The Kier molecular flexibility index (Phi) is 5.68. The second kappa shape index (κ2) is 7.72. The summed E-state index contributed by atoms with van der Waals surface area (Å²) < 4.78 is 1.78. The Hall–Kier alpha value is -2.18. The van der Waals surface area contributed by atoms with Gasteiger partial charge in [-0.1, -0.05) is 30.3 Å². The topological polar surface area (TPSA) is 78.6 Å². The summed E-state index contributed by atoms with van der Waals surface area (Å²) in [4.78, 5) is 13.9. The van der Waals surface area contributed by atoms with Gasteiger partial charge in [0.05, 0.1) is 31.5 Å². The third kappa shape index (κ3) is 3.72. The van der Waals surface area contributed by atoms with Gasteiger partial charge in [-0.15, -0.1) is 0 Å². The minimum Gasteiger partial charge on any atom is -0.395 e. The summed E-state index contributed by atoms with van der Waals surface area (Å²) in [5.74, 6) is -0.222. The van der Waals surface area contributed by atoms with Gasteiger partial charge in [0.1, 0.15) is 0 Å². The average Bonchev–Trinajstić information content (AvgIpc) is 2.88. The zero-order valence-electron chi connectivity index (χ0n) is 12.6. The first-order chi connectivity index (χ1) is 10.7. The van der Waals surface area contributed by atoms with Crippen molar-refractivity contribution in [2.24, 2.45) is 0 Å². The second-order valence-corrected chi connectivity index (χ2v) is 5.03. The molecule has 0 atom stereocenters. The van der Waals surface area contributed by atoms with Crippen LogP contribution in [0.4, 0.5) is 0 Å². The minimum atomic E-state index is -0.222. The van der Waals surface area contributed by atoms with Crippen molar-refractivity contribution in [2.75, 3.05) is 26.3 Å².